The molecule has 1 heteroatoms. The molecule has 0 amide bonds. The molecule has 1 aliphatic rings. The zero-order chi connectivity index (χ0) is 15.6. The van der Waals surface area contributed by atoms with E-state index in [1.807, 2.05) is 12.2 Å². The van der Waals surface area contributed by atoms with Gasteiger partial charge < -0.3 is 0 Å². The minimum absolute atomic E-state index is 0.209. The van der Waals surface area contributed by atoms with Crippen LogP contribution >= 0.6 is 0 Å². The van der Waals surface area contributed by atoms with Crippen molar-refractivity contribution < 1.29 is 4.79 Å². The fourth-order valence-corrected chi connectivity index (χ4v) is 2.49. The van der Waals surface area contributed by atoms with Gasteiger partial charge in [0.25, 0.3) is 0 Å². The Kier molecular flexibility index (Phi) is 4.62. The first-order valence-corrected chi connectivity index (χ1v) is 7.64. The highest BCUT2D eigenvalue weighted by atomic mass is 16.1. The van der Waals surface area contributed by atoms with Crippen LogP contribution in [0, 0.1) is 18.8 Å². The molecule has 0 bridgehead atoms. The molecule has 0 spiro atoms. The summed E-state index contributed by atoms with van der Waals surface area (Å²) in [5.74, 6) is 0.712. The Bertz CT molecular complexity index is 592. The zero-order valence-corrected chi connectivity index (χ0v) is 13.6. The Balaban J connectivity index is 2.45. The quantitative estimate of drug-likeness (QED) is 0.750. The van der Waals surface area contributed by atoms with E-state index in [1.165, 1.54) is 11.1 Å². The van der Waals surface area contributed by atoms with Crippen molar-refractivity contribution in [2.24, 2.45) is 11.8 Å². The Morgan fingerprint density at radius 3 is 1.76 bits per heavy atom. The summed E-state index contributed by atoms with van der Waals surface area (Å²) in [6.45, 7) is 10.4. The molecular formula is C20H24O. The fourth-order valence-electron chi connectivity index (χ4n) is 2.49. The van der Waals surface area contributed by atoms with Crippen molar-refractivity contribution in [3.63, 3.8) is 0 Å². The second-order valence-electron chi connectivity index (χ2n) is 6.39. The Hall–Kier alpha value is -1.89. The van der Waals surface area contributed by atoms with Gasteiger partial charge in [0.05, 0.1) is 0 Å². The van der Waals surface area contributed by atoms with E-state index in [-0.39, 0.29) is 17.6 Å². The van der Waals surface area contributed by atoms with Crippen molar-refractivity contribution in [3.8, 4) is 0 Å². The van der Waals surface area contributed by atoms with Crippen LogP contribution in [0.5, 0.6) is 0 Å². The molecule has 0 heterocycles. The Morgan fingerprint density at radius 1 is 0.857 bits per heavy atom. The third-order valence-electron chi connectivity index (χ3n) is 3.82. The number of hydrogen-bond acceptors (Lipinski definition) is 1. The number of ketones is 1. The van der Waals surface area contributed by atoms with E-state index >= 15 is 0 Å². The number of benzene rings is 1. The lowest BCUT2D eigenvalue weighted by molar-refractivity contribution is -0.113. The third-order valence-corrected chi connectivity index (χ3v) is 3.82. The number of Topliss-reactive ketones (excluding diaryl/α,β-unsaturated/α-hetero) is 1. The van der Waals surface area contributed by atoms with Gasteiger partial charge in [-0.25, -0.2) is 0 Å². The maximum absolute atomic E-state index is 12.5. The van der Waals surface area contributed by atoms with E-state index in [2.05, 4.69) is 65.0 Å². The topological polar surface area (TPSA) is 17.1 Å². The van der Waals surface area contributed by atoms with Crippen LogP contribution in [-0.4, -0.2) is 5.78 Å². The van der Waals surface area contributed by atoms with E-state index in [0.717, 1.165) is 16.7 Å². The summed E-state index contributed by atoms with van der Waals surface area (Å²) < 4.78 is 0. The van der Waals surface area contributed by atoms with E-state index in [1.54, 1.807) is 0 Å². The lowest BCUT2D eigenvalue weighted by atomic mass is 9.83. The molecule has 0 atom stereocenters. The molecule has 1 aromatic carbocycles. The molecule has 0 aliphatic heterocycles. The predicted octanol–water partition coefficient (Wildman–Crippen LogP) is 5.13. The van der Waals surface area contributed by atoms with Crippen molar-refractivity contribution in [2.75, 3.05) is 0 Å². The van der Waals surface area contributed by atoms with Crippen molar-refractivity contribution in [1.29, 1.82) is 0 Å². The summed E-state index contributed by atoms with van der Waals surface area (Å²) in [5, 5.41) is 0. The highest BCUT2D eigenvalue weighted by molar-refractivity contribution is 6.11. The van der Waals surface area contributed by atoms with Gasteiger partial charge in [-0.2, -0.15) is 0 Å². The van der Waals surface area contributed by atoms with Crippen LogP contribution in [0.4, 0.5) is 0 Å². The van der Waals surface area contributed by atoms with Gasteiger partial charge in [-0.1, -0.05) is 57.5 Å². The number of rotatable bonds is 3. The normalized spacial score (nSPS) is 15.4. The Labute approximate surface area is 128 Å². The molecule has 0 radical (unpaired) electrons. The van der Waals surface area contributed by atoms with Gasteiger partial charge in [-0.3, -0.25) is 4.79 Å². The van der Waals surface area contributed by atoms with E-state index in [0.29, 0.717) is 0 Å². The van der Waals surface area contributed by atoms with Gasteiger partial charge in [0.2, 0.25) is 0 Å². The summed E-state index contributed by atoms with van der Waals surface area (Å²) in [4.78, 5) is 12.5. The van der Waals surface area contributed by atoms with Crippen molar-refractivity contribution in [2.45, 2.75) is 34.6 Å². The lowest BCUT2D eigenvalue weighted by Crippen LogP contribution is -2.18. The molecule has 0 fully saturated rings. The number of aryl methyl sites for hydroxylation is 1. The van der Waals surface area contributed by atoms with E-state index < -0.39 is 0 Å². The molecule has 2 rings (SSSR count). The lowest BCUT2D eigenvalue weighted by Gasteiger charge is -2.20. The average Bonchev–Trinajstić information content (AvgIpc) is 2.42. The van der Waals surface area contributed by atoms with Crippen LogP contribution in [-0.2, 0) is 4.79 Å². The van der Waals surface area contributed by atoms with E-state index in [4.69, 9.17) is 0 Å². The first-order chi connectivity index (χ1) is 9.88. The van der Waals surface area contributed by atoms with Crippen molar-refractivity contribution in [3.05, 3.63) is 64.3 Å². The van der Waals surface area contributed by atoms with Crippen molar-refractivity contribution in [1.82, 2.24) is 0 Å². The first-order valence-electron chi connectivity index (χ1n) is 7.64. The maximum atomic E-state index is 12.5. The molecule has 21 heavy (non-hydrogen) atoms. The van der Waals surface area contributed by atoms with Crippen LogP contribution in [0.3, 0.4) is 0 Å². The van der Waals surface area contributed by atoms with Crippen molar-refractivity contribution >= 4 is 11.9 Å². The minimum atomic E-state index is 0.209. The molecule has 0 aromatic heterocycles. The first kappa shape index (κ1) is 15.5. The van der Waals surface area contributed by atoms with Gasteiger partial charge in [-0.05, 0) is 48.1 Å². The fraction of sp³-hybridized carbons (Fsp3) is 0.350. The molecule has 1 aliphatic carbocycles. The summed E-state index contributed by atoms with van der Waals surface area (Å²) >= 11 is 0. The SMILES string of the molecule is Cc1ccc(C=C2C=C(C(C)C)C(=O)C(C(C)C)=C2)cc1. The van der Waals surface area contributed by atoms with Crippen LogP contribution < -0.4 is 0 Å². The molecule has 1 nitrogen and oxygen atoms in total. The second kappa shape index (κ2) is 6.26. The predicted molar refractivity (Wildman–Crippen MR) is 90.0 cm³/mol. The highest BCUT2D eigenvalue weighted by Crippen LogP contribution is 2.29. The molecule has 0 saturated heterocycles. The van der Waals surface area contributed by atoms with Gasteiger partial charge in [0.1, 0.15) is 0 Å². The summed E-state index contributed by atoms with van der Waals surface area (Å²) in [6, 6.07) is 8.45. The zero-order valence-electron chi connectivity index (χ0n) is 13.6. The Morgan fingerprint density at radius 2 is 1.33 bits per heavy atom. The molecule has 0 unspecified atom stereocenters. The molecule has 0 N–H and O–H groups in total. The number of hydrogen-bond donors (Lipinski definition) is 0. The van der Waals surface area contributed by atoms with Crippen LogP contribution in [0.15, 0.2) is 53.1 Å². The smallest absolute Gasteiger partial charge is 0.185 e. The number of allylic oxidation sites excluding steroid dienone is 5. The minimum Gasteiger partial charge on any atom is -0.289 e. The largest absolute Gasteiger partial charge is 0.289 e. The maximum Gasteiger partial charge on any atom is 0.185 e. The molecule has 0 saturated carbocycles. The van der Waals surface area contributed by atoms with Gasteiger partial charge in [0, 0.05) is 11.1 Å². The molecular weight excluding hydrogens is 256 g/mol. The van der Waals surface area contributed by atoms with E-state index in [9.17, 15) is 4.79 Å². The van der Waals surface area contributed by atoms with Crippen LogP contribution in [0.1, 0.15) is 38.8 Å². The standard InChI is InChI=1S/C20H24O/c1-13(2)18-11-17(12-19(14(3)4)20(18)21)10-16-8-6-15(5)7-9-16/h6-14H,1-5H3. The van der Waals surface area contributed by atoms with Crippen LogP contribution in [0.2, 0.25) is 0 Å². The van der Waals surface area contributed by atoms with Gasteiger partial charge in [0.15, 0.2) is 5.78 Å². The molecule has 110 valence electrons. The molecule has 1 aromatic rings. The number of carbonyl (C=O) groups is 1. The van der Waals surface area contributed by atoms with Gasteiger partial charge >= 0.3 is 0 Å². The van der Waals surface area contributed by atoms with Crippen LogP contribution in [0.25, 0.3) is 6.08 Å². The summed E-state index contributed by atoms with van der Waals surface area (Å²) in [7, 11) is 0. The highest BCUT2D eigenvalue weighted by Gasteiger charge is 2.23. The third kappa shape index (κ3) is 3.60. The summed E-state index contributed by atoms with van der Waals surface area (Å²) in [6.07, 6.45) is 6.23. The summed E-state index contributed by atoms with van der Waals surface area (Å²) in [5.41, 5.74) is 5.38. The monoisotopic (exact) mass is 280 g/mol. The second-order valence-corrected chi connectivity index (χ2v) is 6.39. The van der Waals surface area contributed by atoms with Gasteiger partial charge in [-0.15, -0.1) is 0 Å². The average molecular weight is 280 g/mol. The number of carbonyl (C=O) groups excluding carboxylic acids is 1.